The van der Waals surface area contributed by atoms with Gasteiger partial charge in [0.1, 0.15) is 12.3 Å². The fraction of sp³-hybridized carbons (Fsp3) is 0.400. The smallest absolute Gasteiger partial charge is 0.326 e. The number of rotatable bonds is 7. The van der Waals surface area contributed by atoms with Crippen molar-refractivity contribution >= 4 is 43.5 Å². The van der Waals surface area contributed by atoms with E-state index < -0.39 is 21.9 Å². The largest absolute Gasteiger partial charge is 0.497 e. The molecule has 0 saturated carbocycles. The van der Waals surface area contributed by atoms with E-state index in [1.807, 2.05) is 19.1 Å². The van der Waals surface area contributed by atoms with E-state index in [0.29, 0.717) is 23.4 Å². The van der Waals surface area contributed by atoms with E-state index in [-0.39, 0.29) is 37.0 Å². The number of amides is 1. The van der Waals surface area contributed by atoms with Crippen LogP contribution in [0.2, 0.25) is 0 Å². The molecule has 36 heavy (non-hydrogen) atoms. The summed E-state index contributed by atoms with van der Waals surface area (Å²) >= 11 is 1.29. The molecule has 0 unspecified atom stereocenters. The quantitative estimate of drug-likeness (QED) is 0.434. The first-order chi connectivity index (χ1) is 17.2. The van der Waals surface area contributed by atoms with Gasteiger partial charge < -0.3 is 14.0 Å². The molecule has 0 aliphatic carbocycles. The number of ether oxygens (including phenoxy) is 2. The number of hydrogen-bond donors (Lipinski definition) is 0. The standard InChI is InChI=1S/C25H29N3O6S2/c1-4-34-23(29)16-28-21-10-7-19(33-3)15-22(21)35-25(28)26-24(30)18-11-13-27(14-12-18)36(31,32)20-8-5-17(2)6-9-20/h5-10,15,18H,4,11-14,16H2,1-3H3. The minimum atomic E-state index is -3.61. The minimum absolute atomic E-state index is 0.0699. The predicted molar refractivity (Wildman–Crippen MR) is 136 cm³/mol. The maximum Gasteiger partial charge on any atom is 0.326 e. The van der Waals surface area contributed by atoms with Gasteiger partial charge in [0.25, 0.3) is 5.91 Å². The van der Waals surface area contributed by atoms with Crippen LogP contribution < -0.4 is 9.54 Å². The molecule has 11 heteroatoms. The lowest BCUT2D eigenvalue weighted by Crippen LogP contribution is -2.40. The predicted octanol–water partition coefficient (Wildman–Crippen LogP) is 3.11. The molecule has 2 aromatic carbocycles. The molecule has 1 aromatic heterocycles. The third-order valence-corrected chi connectivity index (χ3v) is 9.10. The first-order valence-corrected chi connectivity index (χ1v) is 14.0. The highest BCUT2D eigenvalue weighted by Crippen LogP contribution is 2.26. The van der Waals surface area contributed by atoms with Crippen LogP contribution >= 0.6 is 11.3 Å². The monoisotopic (exact) mass is 531 g/mol. The minimum Gasteiger partial charge on any atom is -0.497 e. The van der Waals surface area contributed by atoms with E-state index in [1.54, 1.807) is 48.9 Å². The average molecular weight is 532 g/mol. The second-order valence-corrected chi connectivity index (χ2v) is 11.5. The number of methoxy groups -OCH3 is 1. The molecule has 4 rings (SSSR count). The highest BCUT2D eigenvalue weighted by molar-refractivity contribution is 7.89. The molecule has 0 spiro atoms. The third kappa shape index (κ3) is 5.53. The van der Waals surface area contributed by atoms with Gasteiger partial charge in [-0.25, -0.2) is 8.42 Å². The molecule has 1 amide bonds. The number of aromatic nitrogens is 1. The fourth-order valence-corrected chi connectivity index (χ4v) is 6.68. The van der Waals surface area contributed by atoms with Crippen molar-refractivity contribution in [3.05, 3.63) is 52.8 Å². The Morgan fingerprint density at radius 3 is 2.44 bits per heavy atom. The summed E-state index contributed by atoms with van der Waals surface area (Å²) in [6.45, 7) is 4.31. The zero-order valence-corrected chi connectivity index (χ0v) is 22.1. The Hall–Kier alpha value is -3.02. The van der Waals surface area contributed by atoms with E-state index in [2.05, 4.69) is 4.99 Å². The van der Waals surface area contributed by atoms with E-state index in [1.165, 1.54) is 15.6 Å². The van der Waals surface area contributed by atoms with Crippen molar-refractivity contribution in [2.24, 2.45) is 10.9 Å². The number of sulfonamides is 1. The van der Waals surface area contributed by atoms with Crippen LogP contribution in [0.4, 0.5) is 0 Å². The number of piperidine rings is 1. The van der Waals surface area contributed by atoms with Crippen LogP contribution in [-0.2, 0) is 30.9 Å². The zero-order valence-electron chi connectivity index (χ0n) is 20.5. The number of benzene rings is 2. The lowest BCUT2D eigenvalue weighted by Gasteiger charge is -2.29. The van der Waals surface area contributed by atoms with Crippen molar-refractivity contribution in [3.63, 3.8) is 0 Å². The van der Waals surface area contributed by atoms with E-state index >= 15 is 0 Å². The van der Waals surface area contributed by atoms with Gasteiger partial charge >= 0.3 is 5.97 Å². The van der Waals surface area contributed by atoms with Gasteiger partial charge in [0.15, 0.2) is 4.80 Å². The Bertz CT molecular complexity index is 1430. The van der Waals surface area contributed by atoms with Gasteiger partial charge in [-0.05, 0) is 57.0 Å². The molecule has 1 saturated heterocycles. The van der Waals surface area contributed by atoms with Crippen molar-refractivity contribution in [3.8, 4) is 5.75 Å². The molecular formula is C25H29N3O6S2. The Labute approximate surface area is 214 Å². The summed E-state index contributed by atoms with van der Waals surface area (Å²) < 4.78 is 40.3. The Morgan fingerprint density at radius 1 is 1.11 bits per heavy atom. The van der Waals surface area contributed by atoms with Crippen molar-refractivity contribution < 1.29 is 27.5 Å². The Morgan fingerprint density at radius 2 is 1.81 bits per heavy atom. The van der Waals surface area contributed by atoms with Gasteiger partial charge in [0.05, 0.1) is 28.8 Å². The van der Waals surface area contributed by atoms with Crippen LogP contribution in [0.5, 0.6) is 5.75 Å². The van der Waals surface area contributed by atoms with Gasteiger partial charge in [0.2, 0.25) is 10.0 Å². The van der Waals surface area contributed by atoms with Gasteiger partial charge in [-0.3, -0.25) is 9.59 Å². The molecule has 9 nitrogen and oxygen atoms in total. The van der Waals surface area contributed by atoms with Crippen molar-refractivity contribution in [2.75, 3.05) is 26.8 Å². The van der Waals surface area contributed by atoms with Crippen LogP contribution in [0.15, 0.2) is 52.4 Å². The molecular weight excluding hydrogens is 502 g/mol. The highest BCUT2D eigenvalue weighted by Gasteiger charge is 2.32. The van der Waals surface area contributed by atoms with Crippen LogP contribution in [0.1, 0.15) is 25.3 Å². The normalized spacial score (nSPS) is 15.8. The van der Waals surface area contributed by atoms with E-state index in [4.69, 9.17) is 9.47 Å². The van der Waals surface area contributed by atoms with Crippen LogP contribution in [0, 0.1) is 12.8 Å². The van der Waals surface area contributed by atoms with Gasteiger partial charge in [-0.1, -0.05) is 29.0 Å². The van der Waals surface area contributed by atoms with Crippen molar-refractivity contribution in [2.45, 2.75) is 38.1 Å². The summed E-state index contributed by atoms with van der Waals surface area (Å²) in [5, 5.41) is 0. The number of carbonyl (C=O) groups excluding carboxylic acids is 2. The number of carbonyl (C=O) groups is 2. The van der Waals surface area contributed by atoms with Crippen LogP contribution in [0.3, 0.4) is 0 Å². The first-order valence-electron chi connectivity index (χ1n) is 11.7. The third-order valence-electron chi connectivity index (χ3n) is 6.15. The first kappa shape index (κ1) is 26.1. The van der Waals surface area contributed by atoms with Crippen molar-refractivity contribution in [1.82, 2.24) is 8.87 Å². The number of aryl methyl sites for hydroxylation is 1. The number of thiazole rings is 1. The maximum absolute atomic E-state index is 13.1. The zero-order chi connectivity index (χ0) is 25.9. The Balaban J connectivity index is 1.55. The van der Waals surface area contributed by atoms with Crippen molar-refractivity contribution in [1.29, 1.82) is 0 Å². The summed E-state index contributed by atoms with van der Waals surface area (Å²) in [5.41, 5.74) is 1.74. The molecule has 2 heterocycles. The summed E-state index contributed by atoms with van der Waals surface area (Å²) in [4.78, 5) is 30.4. The second-order valence-electron chi connectivity index (χ2n) is 8.55. The molecule has 0 N–H and O–H groups in total. The number of fused-ring (bicyclic) bond motifs is 1. The summed E-state index contributed by atoms with van der Waals surface area (Å²) in [6, 6.07) is 12.2. The number of nitrogens with zero attached hydrogens (tertiary/aromatic N) is 3. The highest BCUT2D eigenvalue weighted by atomic mass is 32.2. The lowest BCUT2D eigenvalue weighted by molar-refractivity contribution is -0.143. The number of hydrogen-bond acceptors (Lipinski definition) is 7. The summed E-state index contributed by atoms with van der Waals surface area (Å²) in [7, 11) is -2.04. The Kier molecular flexibility index (Phi) is 7.91. The average Bonchev–Trinajstić information content (AvgIpc) is 3.20. The van der Waals surface area contributed by atoms with Gasteiger partial charge in [0, 0.05) is 19.0 Å². The topological polar surface area (TPSA) is 107 Å². The second kappa shape index (κ2) is 10.9. The van der Waals surface area contributed by atoms with Crippen LogP contribution in [-0.4, -0.2) is 56.0 Å². The van der Waals surface area contributed by atoms with E-state index in [0.717, 1.165) is 15.8 Å². The fourth-order valence-electron chi connectivity index (χ4n) is 4.14. The number of esters is 1. The van der Waals surface area contributed by atoms with E-state index in [9.17, 15) is 18.0 Å². The maximum atomic E-state index is 13.1. The van der Waals surface area contributed by atoms with Gasteiger partial charge in [-0.15, -0.1) is 0 Å². The summed E-state index contributed by atoms with van der Waals surface area (Å²) in [6.07, 6.45) is 0.758. The lowest BCUT2D eigenvalue weighted by atomic mass is 9.98. The molecule has 1 fully saturated rings. The molecule has 0 atom stereocenters. The molecule has 0 bridgehead atoms. The molecule has 1 aliphatic rings. The molecule has 192 valence electrons. The summed E-state index contributed by atoms with van der Waals surface area (Å²) in [5.74, 6) is -0.479. The molecule has 3 aromatic rings. The SMILES string of the molecule is CCOC(=O)Cn1c(=NC(=O)C2CCN(S(=O)(=O)c3ccc(C)cc3)CC2)sc2cc(OC)ccc21. The molecule has 1 aliphatic heterocycles. The van der Waals surface area contributed by atoms with Gasteiger partial charge in [-0.2, -0.15) is 9.30 Å². The molecule has 0 radical (unpaired) electrons. The van der Waals surface area contributed by atoms with Crippen LogP contribution in [0.25, 0.3) is 10.2 Å².